The van der Waals surface area contributed by atoms with Crippen molar-refractivity contribution < 1.29 is 14.7 Å². The Morgan fingerprint density at radius 2 is 1.97 bits per heavy atom. The molecule has 2 aliphatic rings. The number of nitrogens with zero attached hydrogens (tertiary/aromatic N) is 3. The monoisotopic (exact) mass is 434 g/mol. The number of hydrogen-bond donors (Lipinski definition) is 2. The van der Waals surface area contributed by atoms with Crippen LogP contribution in [0.25, 0.3) is 0 Å². The number of carbonyl (C=O) groups excluding carboxylic acids is 2. The largest absolute Gasteiger partial charge is 0.507 e. The first kappa shape index (κ1) is 22.0. The predicted molar refractivity (Wildman–Crippen MR) is 122 cm³/mol. The number of amidine groups is 1. The Balaban J connectivity index is 1.62. The molecular weight excluding hydrogens is 404 g/mol. The van der Waals surface area contributed by atoms with Crippen LogP contribution in [-0.2, 0) is 23.3 Å². The molecule has 0 aliphatic carbocycles. The summed E-state index contributed by atoms with van der Waals surface area (Å²) in [5.41, 5.74) is 3.81. The molecule has 0 radical (unpaired) electrons. The lowest BCUT2D eigenvalue weighted by molar-refractivity contribution is -0.128. The zero-order chi connectivity index (χ0) is 23.2. The van der Waals surface area contributed by atoms with E-state index in [4.69, 9.17) is 5.41 Å². The average Bonchev–Trinajstić information content (AvgIpc) is 3.25. The van der Waals surface area contributed by atoms with E-state index in [9.17, 15) is 14.7 Å². The van der Waals surface area contributed by atoms with Crippen LogP contribution in [0.15, 0.2) is 24.3 Å². The van der Waals surface area contributed by atoms with E-state index >= 15 is 0 Å². The Kier molecular flexibility index (Phi) is 5.53. The van der Waals surface area contributed by atoms with Gasteiger partial charge >= 0.3 is 0 Å². The quantitative estimate of drug-likeness (QED) is 0.702. The number of likely N-dealkylation sites (tertiary alicyclic amines) is 1. The minimum Gasteiger partial charge on any atom is -0.507 e. The van der Waals surface area contributed by atoms with Crippen molar-refractivity contribution in [3.05, 3.63) is 57.9 Å². The molecule has 0 unspecified atom stereocenters. The van der Waals surface area contributed by atoms with Crippen LogP contribution in [0.5, 0.6) is 5.75 Å². The van der Waals surface area contributed by atoms with Crippen molar-refractivity contribution in [1.82, 2.24) is 14.8 Å². The van der Waals surface area contributed by atoms with Gasteiger partial charge in [-0.25, -0.2) is 4.98 Å². The summed E-state index contributed by atoms with van der Waals surface area (Å²) in [5, 5.41) is 19.4. The molecule has 2 N–H and O–H groups in total. The maximum atomic E-state index is 13.3. The molecule has 2 aliphatic heterocycles. The number of Topliss-reactive ketones (excluding diaryl/α,β-unsaturated/α-hetero) is 1. The van der Waals surface area contributed by atoms with Crippen LogP contribution in [0.2, 0.25) is 0 Å². The number of ketones is 1. The van der Waals surface area contributed by atoms with Gasteiger partial charge in [0.2, 0.25) is 5.91 Å². The van der Waals surface area contributed by atoms with Crippen LogP contribution in [0, 0.1) is 12.3 Å². The smallest absolute Gasteiger partial charge is 0.222 e. The molecule has 1 aromatic heterocycles. The highest BCUT2D eigenvalue weighted by Crippen LogP contribution is 2.36. The molecule has 3 heterocycles. The standard InChI is InChI=1S/C25H30N4O3/c1-15-7-8-16-12-29(24(26)22(16)27-15)14-20(30)17-10-18(13-28-9-5-6-21(28)31)23(32)19(11-17)25(2,3)4/h7-8,10-11,26,32H,5-6,9,12-14H2,1-4H3. The molecule has 32 heavy (non-hydrogen) atoms. The molecule has 0 saturated carbocycles. The molecular formula is C25H30N4O3. The third-order valence-corrected chi connectivity index (χ3v) is 6.21. The number of hydrogen-bond acceptors (Lipinski definition) is 5. The lowest BCUT2D eigenvalue weighted by Gasteiger charge is -2.25. The summed E-state index contributed by atoms with van der Waals surface area (Å²) < 4.78 is 0. The maximum Gasteiger partial charge on any atom is 0.222 e. The first-order valence-corrected chi connectivity index (χ1v) is 11.0. The number of aromatic nitrogens is 1. The van der Waals surface area contributed by atoms with Crippen molar-refractivity contribution >= 4 is 17.5 Å². The number of carbonyl (C=O) groups is 2. The summed E-state index contributed by atoms with van der Waals surface area (Å²) in [6, 6.07) is 7.33. The number of rotatable bonds is 5. The van der Waals surface area contributed by atoms with E-state index in [-0.39, 0.29) is 35.2 Å². The van der Waals surface area contributed by atoms with Crippen molar-refractivity contribution in [3.63, 3.8) is 0 Å². The van der Waals surface area contributed by atoms with Crippen LogP contribution in [-0.4, -0.2) is 50.5 Å². The van der Waals surface area contributed by atoms with Gasteiger partial charge in [0.25, 0.3) is 0 Å². The van der Waals surface area contributed by atoms with Crippen LogP contribution in [0.4, 0.5) is 0 Å². The third-order valence-electron chi connectivity index (χ3n) is 6.21. The van der Waals surface area contributed by atoms with E-state index in [1.807, 2.05) is 39.8 Å². The molecule has 1 fully saturated rings. The number of amides is 1. The van der Waals surface area contributed by atoms with Gasteiger partial charge in [0.1, 0.15) is 17.3 Å². The second-order valence-corrected chi connectivity index (χ2v) is 9.79. The number of benzene rings is 1. The van der Waals surface area contributed by atoms with Gasteiger partial charge in [-0.3, -0.25) is 15.0 Å². The third kappa shape index (κ3) is 4.11. The van der Waals surface area contributed by atoms with E-state index in [1.54, 1.807) is 21.9 Å². The molecule has 0 bridgehead atoms. The van der Waals surface area contributed by atoms with Crippen LogP contribution in [0.1, 0.15) is 72.0 Å². The van der Waals surface area contributed by atoms with Crippen molar-refractivity contribution in [3.8, 4) is 5.75 Å². The fourth-order valence-corrected chi connectivity index (χ4v) is 4.38. The van der Waals surface area contributed by atoms with Gasteiger partial charge in [-0.15, -0.1) is 0 Å². The number of pyridine rings is 1. The first-order valence-electron chi connectivity index (χ1n) is 11.0. The van der Waals surface area contributed by atoms with E-state index in [0.29, 0.717) is 48.4 Å². The molecule has 0 spiro atoms. The molecule has 4 rings (SSSR count). The lowest BCUT2D eigenvalue weighted by Crippen LogP contribution is -2.31. The van der Waals surface area contributed by atoms with Crippen LogP contribution in [0.3, 0.4) is 0 Å². The maximum absolute atomic E-state index is 13.3. The van der Waals surface area contributed by atoms with Crippen LogP contribution < -0.4 is 0 Å². The first-order chi connectivity index (χ1) is 15.0. The highest BCUT2D eigenvalue weighted by atomic mass is 16.3. The molecule has 1 saturated heterocycles. The highest BCUT2D eigenvalue weighted by Gasteiger charge is 2.30. The number of phenols is 1. The minimum atomic E-state index is -0.373. The summed E-state index contributed by atoms with van der Waals surface area (Å²) in [5.74, 6) is 0.354. The summed E-state index contributed by atoms with van der Waals surface area (Å²) in [6.45, 7) is 9.35. The molecule has 0 atom stereocenters. The second-order valence-electron chi connectivity index (χ2n) is 9.79. The van der Waals surface area contributed by atoms with Gasteiger partial charge in [0.15, 0.2) is 5.78 Å². The summed E-state index contributed by atoms with van der Waals surface area (Å²) in [4.78, 5) is 33.3. The van der Waals surface area contributed by atoms with Gasteiger partial charge < -0.3 is 14.9 Å². The van der Waals surface area contributed by atoms with Gasteiger partial charge in [-0.05, 0) is 37.0 Å². The molecule has 7 nitrogen and oxygen atoms in total. The number of nitrogens with one attached hydrogen (secondary N) is 1. The molecule has 168 valence electrons. The van der Waals surface area contributed by atoms with Crippen molar-refractivity contribution in [2.45, 2.75) is 59.0 Å². The highest BCUT2D eigenvalue weighted by molar-refractivity contribution is 6.04. The Bertz CT molecular complexity index is 1120. The predicted octanol–water partition coefficient (Wildman–Crippen LogP) is 3.54. The Morgan fingerprint density at radius 3 is 2.62 bits per heavy atom. The molecule has 2 aromatic rings. The van der Waals surface area contributed by atoms with Crippen molar-refractivity contribution in [1.29, 1.82) is 5.41 Å². The van der Waals surface area contributed by atoms with Gasteiger partial charge in [-0.2, -0.15) is 0 Å². The zero-order valence-corrected chi connectivity index (χ0v) is 19.2. The summed E-state index contributed by atoms with van der Waals surface area (Å²) >= 11 is 0. The Labute approximate surface area is 188 Å². The zero-order valence-electron chi connectivity index (χ0n) is 19.2. The Hall–Kier alpha value is -3.22. The topological polar surface area (TPSA) is 97.6 Å². The minimum absolute atomic E-state index is 0.0602. The SMILES string of the molecule is Cc1ccc2c(n1)C(=N)N(CC(=O)c1cc(CN3CCCC3=O)c(O)c(C(C)(C)C)c1)C2. The van der Waals surface area contributed by atoms with Gasteiger partial charge in [-0.1, -0.05) is 26.8 Å². The number of aryl methyl sites for hydroxylation is 1. The van der Waals surface area contributed by atoms with E-state index < -0.39 is 0 Å². The van der Waals surface area contributed by atoms with Gasteiger partial charge in [0.05, 0.1) is 6.54 Å². The lowest BCUT2D eigenvalue weighted by atomic mass is 9.83. The number of phenolic OH excluding ortho intramolecular Hbond substituents is 1. The average molecular weight is 435 g/mol. The molecule has 1 aromatic carbocycles. The van der Waals surface area contributed by atoms with Crippen molar-refractivity contribution in [2.24, 2.45) is 0 Å². The van der Waals surface area contributed by atoms with Gasteiger partial charge in [0, 0.05) is 54.0 Å². The fraction of sp³-hybridized carbons (Fsp3) is 0.440. The van der Waals surface area contributed by atoms with E-state index in [1.165, 1.54) is 0 Å². The number of aromatic hydroxyl groups is 1. The fourth-order valence-electron chi connectivity index (χ4n) is 4.38. The van der Waals surface area contributed by atoms with E-state index in [2.05, 4.69) is 4.98 Å². The van der Waals surface area contributed by atoms with Crippen molar-refractivity contribution in [2.75, 3.05) is 13.1 Å². The molecule has 7 heteroatoms. The second kappa shape index (κ2) is 8.04. The summed E-state index contributed by atoms with van der Waals surface area (Å²) in [7, 11) is 0. The van der Waals surface area contributed by atoms with Crippen LogP contribution >= 0.6 is 0 Å². The van der Waals surface area contributed by atoms with E-state index in [0.717, 1.165) is 17.7 Å². The Morgan fingerprint density at radius 1 is 1.22 bits per heavy atom. The normalized spacial score (nSPS) is 16.1. The summed E-state index contributed by atoms with van der Waals surface area (Å²) in [6.07, 6.45) is 1.34. The molecule has 1 amide bonds. The number of fused-ring (bicyclic) bond motifs is 1.